The van der Waals surface area contributed by atoms with E-state index in [1.54, 1.807) is 0 Å². The van der Waals surface area contributed by atoms with Gasteiger partial charge in [-0.2, -0.15) is 0 Å². The second-order valence-corrected chi connectivity index (χ2v) is 0.0913. The maximum Gasteiger partial charge on any atom is 1.00 e. The maximum absolute atomic E-state index is 8.24. The van der Waals surface area contributed by atoms with Crippen LogP contribution in [0.4, 0.5) is 0 Å². The van der Waals surface area contributed by atoms with E-state index in [-0.39, 0.29) is 70.2 Å². The molecule has 0 aromatic carbocycles. The third-order valence-electron chi connectivity index (χ3n) is 0. The van der Waals surface area contributed by atoms with Gasteiger partial charge in [0, 0.05) is 57.6 Å². The second-order valence-electron chi connectivity index (χ2n) is 0.0913. The Labute approximate surface area is 85.1 Å². The molecule has 5 heavy (non-hydrogen) atoms. The zero-order valence-corrected chi connectivity index (χ0v) is 6.48. The van der Waals surface area contributed by atoms with Gasteiger partial charge in [0.2, 0.25) is 0 Å². The van der Waals surface area contributed by atoms with Crippen LogP contribution in [-0.4, -0.2) is 51.4 Å². The van der Waals surface area contributed by atoms with Crippen molar-refractivity contribution >= 4 is 51.4 Å². The number of nitrogens with zero attached hydrogens (tertiary/aromatic N) is 1. The molecule has 0 aromatic rings. The zero-order valence-electron chi connectivity index (χ0n) is 3.36. The number of hydrogen-bond acceptors (Lipinski definition) is 2. The molecular weight excluding hydrogens is 88.1 g/mol. The van der Waals surface area contributed by atoms with E-state index in [1.165, 1.54) is 0 Å². The summed E-state index contributed by atoms with van der Waals surface area (Å²) in [5.74, 6) is 0. The van der Waals surface area contributed by atoms with E-state index in [4.69, 9.17) is 10.4 Å². The molecule has 0 N–H and O–H groups in total. The van der Waals surface area contributed by atoms with Crippen LogP contribution in [0.1, 0.15) is 0 Å². The number of nitriles is 1. The average molecular weight is 88.1 g/mol. The van der Waals surface area contributed by atoms with Crippen molar-refractivity contribution in [2.75, 3.05) is 0 Å². The quantitative estimate of drug-likeness (QED) is 0.221. The van der Waals surface area contributed by atoms with Crippen LogP contribution in [0.5, 0.6) is 0 Å². The van der Waals surface area contributed by atoms with Gasteiger partial charge in [0.1, 0.15) is 0 Å². The van der Waals surface area contributed by atoms with Crippen molar-refractivity contribution < 1.29 is 24.0 Å². The maximum atomic E-state index is 8.24. The summed E-state index contributed by atoms with van der Waals surface area (Å²) in [6.07, 6.45) is 0.500. The van der Waals surface area contributed by atoms with Crippen molar-refractivity contribution in [3.63, 3.8) is 0 Å². The average Bonchev–Trinajstić information content (AvgIpc) is 0.918. The molecule has 0 heterocycles. The molecule has 0 fully saturated rings. The molecule has 0 spiro atoms. The summed E-state index contributed by atoms with van der Waals surface area (Å²) in [5, 5.41) is 15.0. The molecular formula is CKLiNO. The Kier molecular flexibility index (Phi) is 56.9. The van der Waals surface area contributed by atoms with Gasteiger partial charge in [0.05, 0.1) is 0 Å². The van der Waals surface area contributed by atoms with Crippen LogP contribution in [0.25, 0.3) is 0 Å². The number of rotatable bonds is 0. The van der Waals surface area contributed by atoms with E-state index in [0.29, 0.717) is 6.26 Å². The molecule has 17 valence electrons. The Morgan fingerprint density at radius 1 is 1.60 bits per heavy atom. The smallest absolute Gasteiger partial charge is 0.812 e. The fraction of sp³-hybridized carbons (Fsp3) is 0. The summed E-state index contributed by atoms with van der Waals surface area (Å²) in [7, 11) is 0. The van der Waals surface area contributed by atoms with Gasteiger partial charge in [-0.05, 0) is 0 Å². The summed E-state index contributed by atoms with van der Waals surface area (Å²) < 4.78 is 0. The van der Waals surface area contributed by atoms with Crippen LogP contribution in [0.15, 0.2) is 0 Å². The molecule has 0 aromatic heterocycles. The van der Waals surface area contributed by atoms with Gasteiger partial charge in [-0.1, -0.05) is 0 Å². The molecule has 0 unspecified atom stereocenters. The molecule has 0 aliphatic rings. The summed E-state index contributed by atoms with van der Waals surface area (Å²) in [5.41, 5.74) is 0. The fourth-order valence-electron chi connectivity index (χ4n) is 0. The predicted molar refractivity (Wildman–Crippen MR) is 11.4 cm³/mol. The van der Waals surface area contributed by atoms with Crippen LogP contribution in [0.2, 0.25) is 0 Å². The minimum atomic E-state index is 0. The normalized spacial score (nSPS) is 1.40. The SMILES string of the molecule is N#C[O-].[K].[Li+]. The largest absolute Gasteiger partial charge is 1.00 e. The van der Waals surface area contributed by atoms with Crippen molar-refractivity contribution in [2.24, 2.45) is 0 Å². The first-order valence-electron chi connectivity index (χ1n) is 0.428. The third-order valence-corrected chi connectivity index (χ3v) is 0. The summed E-state index contributed by atoms with van der Waals surface area (Å²) >= 11 is 0. The van der Waals surface area contributed by atoms with Gasteiger partial charge in [-0.15, -0.1) is 0 Å². The van der Waals surface area contributed by atoms with E-state index < -0.39 is 0 Å². The zero-order chi connectivity index (χ0) is 2.71. The minimum Gasteiger partial charge on any atom is -0.812 e. The summed E-state index contributed by atoms with van der Waals surface area (Å²) in [6.45, 7) is 0. The molecule has 0 atom stereocenters. The fourth-order valence-corrected chi connectivity index (χ4v) is 0. The third kappa shape index (κ3) is 29.5. The van der Waals surface area contributed by atoms with Gasteiger partial charge in [-0.25, -0.2) is 5.26 Å². The molecule has 0 aliphatic heterocycles. The summed E-state index contributed by atoms with van der Waals surface area (Å²) in [6, 6.07) is 0. The minimum absolute atomic E-state index is 0. The Morgan fingerprint density at radius 2 is 1.60 bits per heavy atom. The van der Waals surface area contributed by atoms with E-state index >= 15 is 0 Å². The Balaban J connectivity index is -0.0000000200. The van der Waals surface area contributed by atoms with Crippen LogP contribution < -0.4 is 24.0 Å². The van der Waals surface area contributed by atoms with Crippen LogP contribution in [0.3, 0.4) is 0 Å². The Bertz CT molecular complexity index is 33.1. The van der Waals surface area contributed by atoms with Crippen molar-refractivity contribution in [3.8, 4) is 6.26 Å². The monoisotopic (exact) mass is 88.0 g/mol. The predicted octanol–water partition coefficient (Wildman–Crippen LogP) is -4.55. The van der Waals surface area contributed by atoms with Crippen LogP contribution in [-0.2, 0) is 0 Å². The molecule has 1 radical (unpaired) electrons. The molecule has 0 saturated heterocycles. The standard InChI is InChI=1S/CHNO.K.Li/c2-1-3;;/h3H;;/q;;+1/p-1. The van der Waals surface area contributed by atoms with Gasteiger partial charge < -0.3 is 5.11 Å². The van der Waals surface area contributed by atoms with E-state index in [2.05, 4.69) is 0 Å². The first-order chi connectivity index (χ1) is 1.41. The topological polar surface area (TPSA) is 46.8 Å². The van der Waals surface area contributed by atoms with Gasteiger partial charge in [0.15, 0.2) is 0 Å². The Morgan fingerprint density at radius 3 is 1.60 bits per heavy atom. The second kappa shape index (κ2) is 17.7. The molecule has 2 nitrogen and oxygen atoms in total. The van der Waals surface area contributed by atoms with Gasteiger partial charge in [0.25, 0.3) is 0 Å². The first kappa shape index (κ1) is 16.0. The van der Waals surface area contributed by atoms with Crippen molar-refractivity contribution in [1.29, 1.82) is 5.26 Å². The molecule has 4 heteroatoms. The first-order valence-corrected chi connectivity index (χ1v) is 0.428. The van der Waals surface area contributed by atoms with Crippen LogP contribution >= 0.6 is 0 Å². The molecule has 0 saturated carbocycles. The summed E-state index contributed by atoms with van der Waals surface area (Å²) in [4.78, 5) is 0. The molecule has 0 rings (SSSR count). The van der Waals surface area contributed by atoms with E-state index in [0.717, 1.165) is 0 Å². The molecule has 0 bridgehead atoms. The van der Waals surface area contributed by atoms with Crippen molar-refractivity contribution in [1.82, 2.24) is 0 Å². The van der Waals surface area contributed by atoms with Crippen molar-refractivity contribution in [2.45, 2.75) is 0 Å². The van der Waals surface area contributed by atoms with E-state index in [1.807, 2.05) is 0 Å². The van der Waals surface area contributed by atoms with E-state index in [9.17, 15) is 0 Å². The van der Waals surface area contributed by atoms with Gasteiger partial charge in [-0.3, -0.25) is 0 Å². The molecule has 0 amide bonds. The van der Waals surface area contributed by atoms with Crippen molar-refractivity contribution in [3.05, 3.63) is 0 Å². The molecule has 0 aliphatic carbocycles. The van der Waals surface area contributed by atoms with Gasteiger partial charge >= 0.3 is 18.9 Å². The van der Waals surface area contributed by atoms with Crippen LogP contribution in [0, 0.1) is 11.5 Å². The Hall–Kier alpha value is 1.52. The number of hydrogen-bond donors (Lipinski definition) is 0.